The van der Waals surface area contributed by atoms with Gasteiger partial charge in [0.2, 0.25) is 5.91 Å². The smallest absolute Gasteiger partial charge is 0.303 e. The first-order valence-corrected chi connectivity index (χ1v) is 13.2. The van der Waals surface area contributed by atoms with Crippen molar-refractivity contribution in [3.05, 3.63) is 0 Å². The summed E-state index contributed by atoms with van der Waals surface area (Å²) in [5.41, 5.74) is 5.76. The van der Waals surface area contributed by atoms with Gasteiger partial charge in [-0.3, -0.25) is 9.59 Å². The van der Waals surface area contributed by atoms with E-state index in [-0.39, 0.29) is 11.9 Å². The van der Waals surface area contributed by atoms with E-state index in [1.165, 1.54) is 83.5 Å². The molecule has 172 valence electrons. The highest BCUT2D eigenvalue weighted by atomic mass is 32.2. The van der Waals surface area contributed by atoms with Crippen molar-refractivity contribution in [3.63, 3.8) is 0 Å². The fourth-order valence-corrected chi connectivity index (χ4v) is 3.98. The molecule has 0 spiro atoms. The molecule has 1 atom stereocenters. The average Bonchev–Trinajstić information content (AvgIpc) is 2.69. The fourth-order valence-electron chi connectivity index (χ4n) is 3.47. The van der Waals surface area contributed by atoms with Gasteiger partial charge in [0.05, 0.1) is 6.04 Å². The Morgan fingerprint density at radius 1 is 0.759 bits per heavy atom. The first-order chi connectivity index (χ1) is 14.1. The van der Waals surface area contributed by atoms with Crippen LogP contribution in [-0.2, 0) is 9.59 Å². The Labute approximate surface area is 183 Å². The number of aliphatic carboxylic acids is 1. The van der Waals surface area contributed by atoms with Crippen LogP contribution in [0.15, 0.2) is 0 Å². The number of thioether (sulfide) groups is 1. The van der Waals surface area contributed by atoms with Crippen LogP contribution < -0.4 is 11.1 Å². The van der Waals surface area contributed by atoms with Crippen molar-refractivity contribution < 1.29 is 14.7 Å². The van der Waals surface area contributed by atoms with Gasteiger partial charge in [-0.2, -0.15) is 11.8 Å². The summed E-state index contributed by atoms with van der Waals surface area (Å²) in [4.78, 5) is 22.1. The Hall–Kier alpha value is -0.750. The predicted octanol–water partition coefficient (Wildman–Crippen LogP) is 5.51. The highest BCUT2D eigenvalue weighted by molar-refractivity contribution is 7.98. The summed E-state index contributed by atoms with van der Waals surface area (Å²) < 4.78 is 0. The van der Waals surface area contributed by atoms with Crippen LogP contribution >= 0.6 is 11.8 Å². The van der Waals surface area contributed by atoms with Crippen LogP contribution in [0.4, 0.5) is 0 Å². The predicted molar refractivity (Wildman–Crippen MR) is 125 cm³/mol. The zero-order valence-electron chi connectivity index (χ0n) is 18.8. The zero-order valence-corrected chi connectivity index (χ0v) is 19.6. The molecule has 0 aromatic carbocycles. The van der Waals surface area contributed by atoms with E-state index in [0.717, 1.165) is 25.8 Å². The van der Waals surface area contributed by atoms with Crippen LogP contribution in [0, 0.1) is 0 Å². The lowest BCUT2D eigenvalue weighted by atomic mass is 10.0. The Balaban J connectivity index is 3.13. The first kappa shape index (κ1) is 28.2. The minimum absolute atomic E-state index is 0.0184. The summed E-state index contributed by atoms with van der Waals surface area (Å²) in [5.74, 6) is -0.00427. The number of amides is 1. The molecule has 4 N–H and O–H groups in total. The Bertz CT molecular complexity index is 394. The fraction of sp³-hybridized carbons (Fsp3) is 0.913. The number of nitrogens with one attached hydrogen (secondary N) is 1. The first-order valence-electron chi connectivity index (χ1n) is 11.8. The van der Waals surface area contributed by atoms with E-state index in [1.54, 1.807) is 11.8 Å². The summed E-state index contributed by atoms with van der Waals surface area (Å²) in [6.07, 6.45) is 22.2. The van der Waals surface area contributed by atoms with Gasteiger partial charge in [0.15, 0.2) is 0 Å². The van der Waals surface area contributed by atoms with E-state index >= 15 is 0 Å². The number of hydrogen-bond donors (Lipinski definition) is 3. The van der Waals surface area contributed by atoms with Crippen molar-refractivity contribution >= 4 is 23.6 Å². The molecule has 0 aromatic rings. The van der Waals surface area contributed by atoms with Crippen LogP contribution in [-0.4, -0.2) is 41.6 Å². The van der Waals surface area contributed by atoms with Crippen molar-refractivity contribution in [2.45, 2.75) is 115 Å². The van der Waals surface area contributed by atoms with Gasteiger partial charge in [-0.05, 0) is 19.1 Å². The molecule has 29 heavy (non-hydrogen) atoms. The number of unbranched alkanes of at least 4 members (excludes halogenated alkanes) is 15. The number of carbonyl (C=O) groups excluding carboxylic acids is 1. The second kappa shape index (κ2) is 21.9. The van der Waals surface area contributed by atoms with Crippen LogP contribution in [0.1, 0.15) is 109 Å². The largest absolute Gasteiger partial charge is 0.481 e. The molecule has 0 bridgehead atoms. The van der Waals surface area contributed by atoms with Crippen LogP contribution in [0.3, 0.4) is 0 Å². The SMILES string of the molecule is CSCC(N)C(=O)NCCCCCCCCCCCCCCCCCCC(=O)O. The topological polar surface area (TPSA) is 92.4 Å². The molecule has 0 aliphatic heterocycles. The van der Waals surface area contributed by atoms with E-state index in [9.17, 15) is 9.59 Å². The molecule has 6 heteroatoms. The molecule has 1 amide bonds. The van der Waals surface area contributed by atoms with E-state index < -0.39 is 5.97 Å². The lowest BCUT2D eigenvalue weighted by Crippen LogP contribution is -2.42. The van der Waals surface area contributed by atoms with E-state index in [4.69, 9.17) is 10.8 Å². The van der Waals surface area contributed by atoms with Gasteiger partial charge in [0.1, 0.15) is 0 Å². The normalized spacial score (nSPS) is 12.1. The minimum Gasteiger partial charge on any atom is -0.481 e. The standard InChI is InChI=1S/C23H46N2O3S/c1-29-20-21(24)23(28)25-19-17-15-13-11-9-7-5-3-2-4-6-8-10-12-14-16-18-22(26)27/h21H,2-20,24H2,1H3,(H,25,28)(H,26,27). The van der Waals surface area contributed by atoms with Crippen molar-refractivity contribution in [3.8, 4) is 0 Å². The van der Waals surface area contributed by atoms with E-state index in [1.807, 2.05) is 6.26 Å². The summed E-state index contributed by atoms with van der Waals surface area (Å²) >= 11 is 1.60. The van der Waals surface area contributed by atoms with Gasteiger partial charge in [0, 0.05) is 18.7 Å². The molecule has 0 heterocycles. The number of rotatable bonds is 22. The molecule has 0 saturated heterocycles. The van der Waals surface area contributed by atoms with Crippen molar-refractivity contribution in [1.82, 2.24) is 5.32 Å². The second-order valence-electron chi connectivity index (χ2n) is 8.15. The molecule has 5 nitrogen and oxygen atoms in total. The van der Waals surface area contributed by atoms with E-state index in [0.29, 0.717) is 12.2 Å². The maximum Gasteiger partial charge on any atom is 0.303 e. The van der Waals surface area contributed by atoms with Crippen molar-refractivity contribution in [2.75, 3.05) is 18.6 Å². The molecule has 0 aliphatic carbocycles. The number of carboxylic acid groups (broad SMARTS) is 1. The van der Waals surface area contributed by atoms with Crippen LogP contribution in [0.2, 0.25) is 0 Å². The van der Waals surface area contributed by atoms with Gasteiger partial charge < -0.3 is 16.2 Å². The Morgan fingerprint density at radius 3 is 1.52 bits per heavy atom. The third kappa shape index (κ3) is 21.8. The average molecular weight is 431 g/mol. The third-order valence-electron chi connectivity index (χ3n) is 5.30. The van der Waals surface area contributed by atoms with Gasteiger partial charge in [-0.15, -0.1) is 0 Å². The summed E-state index contributed by atoms with van der Waals surface area (Å²) in [6.45, 7) is 0.753. The molecule has 0 saturated carbocycles. The quantitative estimate of drug-likeness (QED) is 0.197. The highest BCUT2D eigenvalue weighted by Gasteiger charge is 2.10. The minimum atomic E-state index is -0.668. The molecule has 0 rings (SSSR count). The summed E-state index contributed by atoms with van der Waals surface area (Å²) in [5, 5.41) is 11.5. The number of hydrogen-bond acceptors (Lipinski definition) is 4. The zero-order chi connectivity index (χ0) is 21.6. The molecule has 0 fully saturated rings. The maximum atomic E-state index is 11.7. The van der Waals surface area contributed by atoms with Gasteiger partial charge in [-0.25, -0.2) is 0 Å². The monoisotopic (exact) mass is 430 g/mol. The molecule has 0 aromatic heterocycles. The molecule has 0 aliphatic rings. The van der Waals surface area contributed by atoms with Crippen molar-refractivity contribution in [2.24, 2.45) is 5.73 Å². The van der Waals surface area contributed by atoms with Crippen LogP contribution in [0.25, 0.3) is 0 Å². The highest BCUT2D eigenvalue weighted by Crippen LogP contribution is 2.14. The van der Waals surface area contributed by atoms with Crippen molar-refractivity contribution in [1.29, 1.82) is 0 Å². The maximum absolute atomic E-state index is 11.7. The molecular formula is C23H46N2O3S. The molecule has 0 radical (unpaired) electrons. The van der Waals surface area contributed by atoms with Gasteiger partial charge in [0.25, 0.3) is 0 Å². The third-order valence-corrected chi connectivity index (χ3v) is 5.99. The molecule has 1 unspecified atom stereocenters. The van der Waals surface area contributed by atoms with E-state index in [2.05, 4.69) is 5.32 Å². The number of carboxylic acids is 1. The lowest BCUT2D eigenvalue weighted by molar-refractivity contribution is -0.137. The van der Waals surface area contributed by atoms with Gasteiger partial charge in [-0.1, -0.05) is 89.9 Å². The summed E-state index contributed by atoms with van der Waals surface area (Å²) in [6, 6.07) is -0.375. The Morgan fingerprint density at radius 2 is 1.14 bits per heavy atom. The van der Waals surface area contributed by atoms with Crippen LogP contribution in [0.5, 0.6) is 0 Å². The second-order valence-corrected chi connectivity index (χ2v) is 9.06. The number of carbonyl (C=O) groups is 2. The van der Waals surface area contributed by atoms with Gasteiger partial charge >= 0.3 is 5.97 Å². The lowest BCUT2D eigenvalue weighted by Gasteiger charge is -2.10. The Kier molecular flexibility index (Phi) is 21.4. The molecular weight excluding hydrogens is 384 g/mol. The summed E-state index contributed by atoms with van der Waals surface area (Å²) in [7, 11) is 0. The number of nitrogens with two attached hydrogens (primary N) is 1.